The average Bonchev–Trinajstić information content (AvgIpc) is 2.53. The summed E-state index contributed by atoms with van der Waals surface area (Å²) >= 11 is 0. The topological polar surface area (TPSA) is 70.2 Å². The van der Waals surface area contributed by atoms with Crippen LogP contribution in [0.25, 0.3) is 0 Å². The van der Waals surface area contributed by atoms with Gasteiger partial charge in [0.05, 0.1) is 6.04 Å². The van der Waals surface area contributed by atoms with Crippen molar-refractivity contribution in [3.8, 4) is 0 Å². The first-order valence-electron chi connectivity index (χ1n) is 8.44. The molecule has 24 heavy (non-hydrogen) atoms. The van der Waals surface area contributed by atoms with E-state index in [0.29, 0.717) is 18.9 Å². The molecule has 0 saturated carbocycles. The highest BCUT2D eigenvalue weighted by molar-refractivity contribution is 5.90. The van der Waals surface area contributed by atoms with Gasteiger partial charge in [0, 0.05) is 18.7 Å². The standard InChI is InChI=1S/C18H27N3O2.ClH/c1-13(2)10-17(22)21-15-7-5-6-14(11-15)12-20-18(23)16-8-3-4-9-19-16;/h5-7,11,13,16,19H,3-4,8-10,12H2,1-2H3,(H,20,23)(H,21,22);1H. The minimum absolute atomic E-state index is 0. The lowest BCUT2D eigenvalue weighted by Crippen LogP contribution is -2.46. The molecule has 1 aromatic rings. The molecule has 1 unspecified atom stereocenters. The summed E-state index contributed by atoms with van der Waals surface area (Å²) in [4.78, 5) is 23.9. The minimum atomic E-state index is -0.0716. The average molecular weight is 354 g/mol. The summed E-state index contributed by atoms with van der Waals surface area (Å²) in [5.74, 6) is 0.409. The van der Waals surface area contributed by atoms with E-state index < -0.39 is 0 Å². The molecule has 134 valence electrons. The van der Waals surface area contributed by atoms with E-state index in [0.717, 1.165) is 37.1 Å². The van der Waals surface area contributed by atoms with Gasteiger partial charge in [0.25, 0.3) is 0 Å². The molecule has 5 nitrogen and oxygen atoms in total. The van der Waals surface area contributed by atoms with Crippen molar-refractivity contribution in [2.75, 3.05) is 11.9 Å². The predicted molar refractivity (Wildman–Crippen MR) is 99.3 cm³/mol. The zero-order valence-corrected chi connectivity index (χ0v) is 15.2. The second-order valence-electron chi connectivity index (χ2n) is 6.57. The number of carbonyl (C=O) groups excluding carboxylic acids is 2. The summed E-state index contributed by atoms with van der Waals surface area (Å²) in [6, 6.07) is 7.55. The molecule has 0 aliphatic carbocycles. The number of hydrogen-bond acceptors (Lipinski definition) is 3. The Kier molecular flexibility index (Phi) is 8.79. The van der Waals surface area contributed by atoms with Crippen LogP contribution in [-0.2, 0) is 16.1 Å². The second-order valence-corrected chi connectivity index (χ2v) is 6.57. The number of benzene rings is 1. The Hall–Kier alpha value is -1.59. The number of anilines is 1. The van der Waals surface area contributed by atoms with Crippen LogP contribution in [0.3, 0.4) is 0 Å². The Labute approximate surface area is 150 Å². The van der Waals surface area contributed by atoms with E-state index in [9.17, 15) is 9.59 Å². The van der Waals surface area contributed by atoms with Crippen molar-refractivity contribution < 1.29 is 9.59 Å². The maximum atomic E-state index is 12.1. The van der Waals surface area contributed by atoms with Gasteiger partial charge >= 0.3 is 0 Å². The van der Waals surface area contributed by atoms with Crippen LogP contribution in [0.5, 0.6) is 0 Å². The van der Waals surface area contributed by atoms with Crippen LogP contribution in [0.4, 0.5) is 5.69 Å². The van der Waals surface area contributed by atoms with Gasteiger partial charge in [0.1, 0.15) is 0 Å². The Morgan fingerprint density at radius 1 is 1.29 bits per heavy atom. The Bertz CT molecular complexity index is 543. The summed E-state index contributed by atoms with van der Waals surface area (Å²) in [7, 11) is 0. The molecule has 1 aromatic carbocycles. The van der Waals surface area contributed by atoms with E-state index in [1.54, 1.807) is 0 Å². The first-order chi connectivity index (χ1) is 11.0. The zero-order chi connectivity index (χ0) is 16.7. The fourth-order valence-corrected chi connectivity index (χ4v) is 2.73. The van der Waals surface area contributed by atoms with Crippen LogP contribution in [0, 0.1) is 5.92 Å². The lowest BCUT2D eigenvalue weighted by atomic mass is 10.0. The highest BCUT2D eigenvalue weighted by atomic mass is 35.5. The van der Waals surface area contributed by atoms with Crippen molar-refractivity contribution >= 4 is 29.9 Å². The molecular weight excluding hydrogens is 326 g/mol. The molecule has 2 rings (SSSR count). The Balaban J connectivity index is 0.00000288. The van der Waals surface area contributed by atoms with Gasteiger partial charge in [-0.1, -0.05) is 32.4 Å². The van der Waals surface area contributed by atoms with Gasteiger partial charge in [0.15, 0.2) is 0 Å². The summed E-state index contributed by atoms with van der Waals surface area (Å²) in [5, 5.41) is 9.11. The third kappa shape index (κ3) is 6.89. The Morgan fingerprint density at radius 3 is 2.75 bits per heavy atom. The molecular formula is C18H28ClN3O2. The molecule has 0 aromatic heterocycles. The number of nitrogens with one attached hydrogen (secondary N) is 3. The van der Waals surface area contributed by atoms with Gasteiger partial charge in [-0.2, -0.15) is 0 Å². The molecule has 0 radical (unpaired) electrons. The smallest absolute Gasteiger partial charge is 0.237 e. The molecule has 0 bridgehead atoms. The molecule has 1 aliphatic heterocycles. The zero-order valence-electron chi connectivity index (χ0n) is 14.4. The van der Waals surface area contributed by atoms with E-state index in [2.05, 4.69) is 16.0 Å². The third-order valence-electron chi connectivity index (χ3n) is 3.90. The summed E-state index contributed by atoms with van der Waals surface area (Å²) in [5.41, 5.74) is 1.76. The molecule has 3 N–H and O–H groups in total. The van der Waals surface area contributed by atoms with E-state index >= 15 is 0 Å². The highest BCUT2D eigenvalue weighted by Gasteiger charge is 2.19. The Morgan fingerprint density at radius 2 is 2.08 bits per heavy atom. The van der Waals surface area contributed by atoms with Crippen LogP contribution < -0.4 is 16.0 Å². The molecule has 6 heteroatoms. The molecule has 0 spiro atoms. The van der Waals surface area contributed by atoms with Crippen molar-refractivity contribution in [1.82, 2.24) is 10.6 Å². The number of piperidine rings is 1. The van der Waals surface area contributed by atoms with Crippen LogP contribution >= 0.6 is 12.4 Å². The maximum absolute atomic E-state index is 12.1. The minimum Gasteiger partial charge on any atom is -0.351 e. The number of amides is 2. The largest absolute Gasteiger partial charge is 0.351 e. The van der Waals surface area contributed by atoms with E-state index in [4.69, 9.17) is 0 Å². The molecule has 2 amide bonds. The first kappa shape index (κ1) is 20.5. The number of halogens is 1. The van der Waals surface area contributed by atoms with Gasteiger partial charge in [-0.15, -0.1) is 12.4 Å². The van der Waals surface area contributed by atoms with Gasteiger partial charge in [-0.25, -0.2) is 0 Å². The SMILES string of the molecule is CC(C)CC(=O)Nc1cccc(CNC(=O)C2CCCCN2)c1.Cl. The first-order valence-corrected chi connectivity index (χ1v) is 8.44. The monoisotopic (exact) mass is 353 g/mol. The van der Waals surface area contributed by atoms with Crippen molar-refractivity contribution in [3.05, 3.63) is 29.8 Å². The lowest BCUT2D eigenvalue weighted by molar-refractivity contribution is -0.123. The molecule has 1 saturated heterocycles. The molecule has 1 atom stereocenters. The molecule has 1 aliphatic rings. The van der Waals surface area contributed by atoms with Crippen molar-refractivity contribution in [2.24, 2.45) is 5.92 Å². The van der Waals surface area contributed by atoms with Gasteiger partial charge in [-0.3, -0.25) is 9.59 Å². The van der Waals surface area contributed by atoms with Crippen molar-refractivity contribution in [3.63, 3.8) is 0 Å². The highest BCUT2D eigenvalue weighted by Crippen LogP contribution is 2.13. The van der Waals surface area contributed by atoms with Gasteiger partial charge in [0.2, 0.25) is 11.8 Å². The van der Waals surface area contributed by atoms with Crippen LogP contribution in [0.2, 0.25) is 0 Å². The number of carbonyl (C=O) groups is 2. The van der Waals surface area contributed by atoms with E-state index in [-0.39, 0.29) is 30.3 Å². The fraction of sp³-hybridized carbons (Fsp3) is 0.556. The summed E-state index contributed by atoms with van der Waals surface area (Å²) < 4.78 is 0. The van der Waals surface area contributed by atoms with Crippen molar-refractivity contribution in [1.29, 1.82) is 0 Å². The number of rotatable bonds is 6. The quantitative estimate of drug-likeness (QED) is 0.736. The van der Waals surface area contributed by atoms with E-state index in [1.165, 1.54) is 0 Å². The molecule has 1 heterocycles. The van der Waals surface area contributed by atoms with Crippen LogP contribution in [0.15, 0.2) is 24.3 Å². The van der Waals surface area contributed by atoms with Crippen LogP contribution in [0.1, 0.15) is 45.1 Å². The molecule has 1 fully saturated rings. The predicted octanol–water partition coefficient (Wildman–Crippen LogP) is 2.85. The summed E-state index contributed by atoms with van der Waals surface area (Å²) in [6.45, 7) is 5.43. The lowest BCUT2D eigenvalue weighted by Gasteiger charge is -2.22. The maximum Gasteiger partial charge on any atom is 0.237 e. The van der Waals surface area contributed by atoms with E-state index in [1.807, 2.05) is 38.1 Å². The second kappa shape index (κ2) is 10.3. The van der Waals surface area contributed by atoms with Crippen LogP contribution in [-0.4, -0.2) is 24.4 Å². The van der Waals surface area contributed by atoms with Crippen molar-refractivity contribution in [2.45, 2.75) is 52.1 Å². The third-order valence-corrected chi connectivity index (χ3v) is 3.90. The number of hydrogen-bond donors (Lipinski definition) is 3. The summed E-state index contributed by atoms with van der Waals surface area (Å²) in [6.07, 6.45) is 3.65. The van der Waals surface area contributed by atoms with Gasteiger partial charge < -0.3 is 16.0 Å². The normalized spacial score (nSPS) is 17.0. The van der Waals surface area contributed by atoms with Gasteiger partial charge in [-0.05, 0) is 43.0 Å². The fourth-order valence-electron chi connectivity index (χ4n) is 2.73.